The van der Waals surface area contributed by atoms with Crippen LogP contribution < -0.4 is 0 Å². The molecule has 0 saturated carbocycles. The molecular formula is C28H52N2O4Si2. The zero-order valence-electron chi connectivity index (χ0n) is 24.3. The first kappa shape index (κ1) is 32.9. The molecule has 0 radical (unpaired) electrons. The molecule has 0 spiro atoms. The van der Waals surface area contributed by atoms with Crippen LogP contribution in [0.2, 0.25) is 25.2 Å². The fourth-order valence-electron chi connectivity index (χ4n) is 4.36. The minimum Gasteiger partial charge on any atom is -0.418 e. The third-order valence-corrected chi connectivity index (χ3v) is 11.8. The second kappa shape index (κ2) is 18.1. The van der Waals surface area contributed by atoms with E-state index in [-0.39, 0.29) is 0 Å². The average molecular weight is 537 g/mol. The largest absolute Gasteiger partial charge is 0.500 e. The highest BCUT2D eigenvalue weighted by atomic mass is 28.4. The van der Waals surface area contributed by atoms with Crippen LogP contribution in [0.1, 0.15) is 78.4 Å². The second-order valence-corrected chi connectivity index (χ2v) is 16.4. The number of hydrogen-bond acceptors (Lipinski definition) is 6. The van der Waals surface area contributed by atoms with Crippen LogP contribution in [0, 0.1) is 0 Å². The van der Waals surface area contributed by atoms with E-state index in [4.69, 9.17) is 27.7 Å². The molecule has 0 unspecified atom stereocenters. The van der Waals surface area contributed by atoms with Crippen molar-refractivity contribution < 1.29 is 17.7 Å². The van der Waals surface area contributed by atoms with Gasteiger partial charge >= 0.3 is 8.80 Å². The summed E-state index contributed by atoms with van der Waals surface area (Å²) in [6, 6.07) is 10.7. The minimum atomic E-state index is -2.60. The van der Waals surface area contributed by atoms with Crippen molar-refractivity contribution in [3.63, 3.8) is 0 Å². The van der Waals surface area contributed by atoms with Crippen molar-refractivity contribution in [2.45, 2.75) is 92.4 Å². The fraction of sp³-hybridized carbons (Fsp3) is 0.714. The molecule has 36 heavy (non-hydrogen) atoms. The van der Waals surface area contributed by atoms with Gasteiger partial charge in [0.25, 0.3) is 0 Å². The van der Waals surface area contributed by atoms with Crippen LogP contribution in [0.25, 0.3) is 0 Å². The molecule has 1 rings (SSSR count). The van der Waals surface area contributed by atoms with Crippen molar-refractivity contribution in [2.75, 3.05) is 39.5 Å². The molecule has 0 heterocycles. The Hall–Kier alpha value is -1.17. The number of rotatable bonds is 20. The molecule has 0 aliphatic heterocycles. The number of hydrogen-bond donors (Lipinski definition) is 0. The number of aliphatic imine (C=N–C) groups is 2. The lowest BCUT2D eigenvalue weighted by Crippen LogP contribution is -2.46. The molecule has 8 heteroatoms. The molecule has 1 aromatic rings. The maximum absolute atomic E-state index is 5.97. The Kier molecular flexibility index (Phi) is 16.6. The van der Waals surface area contributed by atoms with E-state index in [1.54, 1.807) is 0 Å². The molecule has 0 bridgehead atoms. The first-order chi connectivity index (χ1) is 17.3. The zero-order chi connectivity index (χ0) is 26.9. The topological polar surface area (TPSA) is 61.6 Å². The SMILES string of the molecule is CCO[Si](C)(C)CCCN=C(CC)c1ccc(C(CC)=NCCC[Si](OCC)(OCC)OCC)cc1. The third kappa shape index (κ3) is 11.9. The fourth-order valence-corrected chi connectivity index (χ4v) is 8.89. The lowest BCUT2D eigenvalue weighted by atomic mass is 10.0. The van der Waals surface area contributed by atoms with Gasteiger partial charge in [-0.1, -0.05) is 38.1 Å². The zero-order valence-corrected chi connectivity index (χ0v) is 26.3. The van der Waals surface area contributed by atoms with Crippen molar-refractivity contribution in [3.8, 4) is 0 Å². The Labute approximate surface area is 223 Å². The quantitative estimate of drug-likeness (QED) is 0.101. The Morgan fingerprint density at radius 2 is 1.00 bits per heavy atom. The summed E-state index contributed by atoms with van der Waals surface area (Å²) in [5.74, 6) is 0. The van der Waals surface area contributed by atoms with Crippen molar-refractivity contribution in [1.82, 2.24) is 0 Å². The minimum absolute atomic E-state index is 0.609. The Bertz CT molecular complexity index is 765. The molecule has 0 atom stereocenters. The van der Waals surface area contributed by atoms with E-state index in [9.17, 15) is 0 Å². The van der Waals surface area contributed by atoms with Crippen LogP contribution in [0.3, 0.4) is 0 Å². The number of nitrogens with zero attached hydrogens (tertiary/aromatic N) is 2. The van der Waals surface area contributed by atoms with Crippen molar-refractivity contribution in [3.05, 3.63) is 35.4 Å². The van der Waals surface area contributed by atoms with Gasteiger partial charge in [0, 0.05) is 57.0 Å². The van der Waals surface area contributed by atoms with Gasteiger partial charge in [-0.3, -0.25) is 9.98 Å². The first-order valence-electron chi connectivity index (χ1n) is 14.0. The summed E-state index contributed by atoms with van der Waals surface area (Å²) in [7, 11) is -4.13. The van der Waals surface area contributed by atoms with Crippen LogP contribution in [-0.2, 0) is 17.7 Å². The molecule has 0 saturated heterocycles. The van der Waals surface area contributed by atoms with Crippen molar-refractivity contribution in [2.24, 2.45) is 9.98 Å². The molecule has 6 nitrogen and oxygen atoms in total. The molecule has 0 aromatic heterocycles. The first-order valence-corrected chi connectivity index (χ1v) is 19.1. The Balaban J connectivity index is 2.76. The van der Waals surface area contributed by atoms with E-state index in [1.807, 2.05) is 20.8 Å². The predicted octanol–water partition coefficient (Wildman–Crippen LogP) is 7.16. The number of benzene rings is 1. The van der Waals surface area contributed by atoms with Crippen molar-refractivity contribution in [1.29, 1.82) is 0 Å². The molecule has 0 amide bonds. The van der Waals surface area contributed by atoms with Gasteiger partial charge in [0.2, 0.25) is 0 Å². The maximum atomic E-state index is 5.97. The van der Waals surface area contributed by atoms with Crippen LogP contribution >= 0.6 is 0 Å². The molecule has 1 aromatic carbocycles. The molecule has 0 aliphatic rings. The van der Waals surface area contributed by atoms with E-state index < -0.39 is 17.1 Å². The van der Waals surface area contributed by atoms with Gasteiger partial charge in [-0.15, -0.1) is 0 Å². The monoisotopic (exact) mass is 536 g/mol. The summed E-state index contributed by atoms with van der Waals surface area (Å²) in [4.78, 5) is 9.84. The van der Waals surface area contributed by atoms with Crippen molar-refractivity contribution >= 4 is 28.5 Å². The lowest BCUT2D eigenvalue weighted by Gasteiger charge is -2.28. The highest BCUT2D eigenvalue weighted by Crippen LogP contribution is 2.19. The summed E-state index contributed by atoms with van der Waals surface area (Å²) in [5, 5.41) is 0. The van der Waals surface area contributed by atoms with Gasteiger partial charge in [0.15, 0.2) is 8.32 Å². The standard InChI is InChI=1S/C28H52N2O4Si2/c1-9-27(29-21-15-23-35(7,8)31-11-3)25-17-19-26(20-18-25)28(10-2)30-22-16-24-36(32-12-4,33-13-5)34-14-6/h17-20H,9-16,21-24H2,1-8H3. The van der Waals surface area contributed by atoms with Crippen LogP contribution in [0.5, 0.6) is 0 Å². The second-order valence-electron chi connectivity index (χ2n) is 9.32. The molecular weight excluding hydrogens is 484 g/mol. The normalized spacial score (nSPS) is 13.4. The molecule has 0 aliphatic carbocycles. The molecule has 206 valence electrons. The highest BCUT2D eigenvalue weighted by Gasteiger charge is 2.39. The van der Waals surface area contributed by atoms with Gasteiger partial charge in [-0.2, -0.15) is 0 Å². The predicted molar refractivity (Wildman–Crippen MR) is 158 cm³/mol. The molecule has 0 fully saturated rings. The van der Waals surface area contributed by atoms with Crippen LogP contribution in [-0.4, -0.2) is 68.1 Å². The van der Waals surface area contributed by atoms with Crippen LogP contribution in [0.4, 0.5) is 0 Å². The summed E-state index contributed by atoms with van der Waals surface area (Å²) < 4.78 is 23.8. The average Bonchev–Trinajstić information content (AvgIpc) is 2.85. The van der Waals surface area contributed by atoms with E-state index in [2.05, 4.69) is 58.1 Å². The van der Waals surface area contributed by atoms with Gasteiger partial charge < -0.3 is 17.7 Å². The van der Waals surface area contributed by atoms with Gasteiger partial charge in [0.1, 0.15) is 0 Å². The smallest absolute Gasteiger partial charge is 0.418 e. The molecule has 0 N–H and O–H groups in total. The Morgan fingerprint density at radius 3 is 1.36 bits per heavy atom. The van der Waals surface area contributed by atoms with E-state index >= 15 is 0 Å². The summed E-state index contributed by atoms with van der Waals surface area (Å²) in [6.45, 7) is 21.3. The van der Waals surface area contributed by atoms with Gasteiger partial charge in [0.05, 0.1) is 0 Å². The van der Waals surface area contributed by atoms with E-state index in [0.29, 0.717) is 19.8 Å². The van der Waals surface area contributed by atoms with E-state index in [1.165, 1.54) is 16.8 Å². The maximum Gasteiger partial charge on any atom is 0.500 e. The van der Waals surface area contributed by atoms with Gasteiger partial charge in [-0.25, -0.2) is 0 Å². The summed E-state index contributed by atoms with van der Waals surface area (Å²) in [6.07, 6.45) is 3.82. The highest BCUT2D eigenvalue weighted by molar-refractivity contribution is 6.71. The van der Waals surface area contributed by atoms with E-state index in [0.717, 1.165) is 63.2 Å². The third-order valence-electron chi connectivity index (χ3n) is 6.03. The van der Waals surface area contributed by atoms with Crippen LogP contribution in [0.15, 0.2) is 34.3 Å². The summed E-state index contributed by atoms with van der Waals surface area (Å²) >= 11 is 0. The Morgan fingerprint density at radius 1 is 0.611 bits per heavy atom. The van der Waals surface area contributed by atoms with Gasteiger partial charge in [-0.05, 0) is 83.6 Å². The summed E-state index contributed by atoms with van der Waals surface area (Å²) in [5.41, 5.74) is 4.70. The lowest BCUT2D eigenvalue weighted by molar-refractivity contribution is 0.0710.